The number of rotatable bonds is 4. The third-order valence-electron chi connectivity index (χ3n) is 2.81. The molecule has 2 amide bonds. The Labute approximate surface area is 119 Å². The lowest BCUT2D eigenvalue weighted by Gasteiger charge is -2.12. The van der Waals surface area contributed by atoms with Gasteiger partial charge in [0.05, 0.1) is 24.6 Å². The number of nitrogens with zero attached hydrogens (tertiary/aromatic N) is 5. The molecule has 0 aliphatic carbocycles. The van der Waals surface area contributed by atoms with Gasteiger partial charge in [-0.3, -0.25) is 9.69 Å². The number of cyclic esters (lactones) is 1. The molecule has 0 bridgehead atoms. The summed E-state index contributed by atoms with van der Waals surface area (Å²) >= 11 is 0. The molecule has 1 saturated heterocycles. The molecule has 108 valence electrons. The van der Waals surface area contributed by atoms with Gasteiger partial charge in [0.1, 0.15) is 13.2 Å². The van der Waals surface area contributed by atoms with E-state index in [-0.39, 0.29) is 12.5 Å². The SMILES string of the molecule is O=C(CN1CCOC1=O)Nc1cnc(-n2cccn2)nc1. The van der Waals surface area contributed by atoms with Crippen LogP contribution in [0.25, 0.3) is 5.95 Å². The molecule has 0 saturated carbocycles. The van der Waals surface area contributed by atoms with Crippen LogP contribution < -0.4 is 5.32 Å². The topological polar surface area (TPSA) is 102 Å². The summed E-state index contributed by atoms with van der Waals surface area (Å²) < 4.78 is 6.25. The van der Waals surface area contributed by atoms with E-state index in [1.54, 1.807) is 18.5 Å². The molecule has 3 heterocycles. The van der Waals surface area contributed by atoms with Crippen LogP contribution >= 0.6 is 0 Å². The van der Waals surface area contributed by atoms with Crippen molar-refractivity contribution in [3.8, 4) is 5.95 Å². The maximum Gasteiger partial charge on any atom is 0.410 e. The summed E-state index contributed by atoms with van der Waals surface area (Å²) in [5, 5.41) is 6.62. The minimum atomic E-state index is -0.476. The standard InChI is InChI=1S/C12H12N6O3/c19-10(8-17-4-5-21-12(17)20)16-9-6-13-11(14-7-9)18-3-1-2-15-18/h1-3,6-7H,4-5,8H2,(H,16,19). The van der Waals surface area contributed by atoms with Gasteiger partial charge in [0, 0.05) is 12.4 Å². The molecule has 0 aromatic carbocycles. The molecule has 0 unspecified atom stereocenters. The number of carbonyl (C=O) groups is 2. The highest BCUT2D eigenvalue weighted by molar-refractivity contribution is 5.93. The zero-order valence-corrected chi connectivity index (χ0v) is 11.0. The number of aromatic nitrogens is 4. The molecule has 21 heavy (non-hydrogen) atoms. The molecule has 0 spiro atoms. The second-order valence-electron chi connectivity index (χ2n) is 4.31. The number of amides is 2. The second kappa shape index (κ2) is 5.57. The minimum absolute atomic E-state index is 0.0558. The average Bonchev–Trinajstić information content (AvgIpc) is 3.12. The largest absolute Gasteiger partial charge is 0.448 e. The summed E-state index contributed by atoms with van der Waals surface area (Å²) in [5.41, 5.74) is 0.448. The van der Waals surface area contributed by atoms with Crippen molar-refractivity contribution < 1.29 is 14.3 Å². The Hall–Kier alpha value is -2.97. The van der Waals surface area contributed by atoms with E-state index in [0.717, 1.165) is 0 Å². The number of hydrogen-bond acceptors (Lipinski definition) is 6. The highest BCUT2D eigenvalue weighted by atomic mass is 16.6. The van der Waals surface area contributed by atoms with Crippen molar-refractivity contribution in [3.63, 3.8) is 0 Å². The second-order valence-corrected chi connectivity index (χ2v) is 4.31. The maximum atomic E-state index is 11.8. The van der Waals surface area contributed by atoms with E-state index in [1.165, 1.54) is 22.0 Å². The van der Waals surface area contributed by atoms with Gasteiger partial charge < -0.3 is 10.1 Å². The molecule has 1 aliphatic rings. The van der Waals surface area contributed by atoms with E-state index in [9.17, 15) is 9.59 Å². The Balaban J connectivity index is 1.60. The first-order valence-corrected chi connectivity index (χ1v) is 6.26. The molecule has 1 N–H and O–H groups in total. The fourth-order valence-corrected chi connectivity index (χ4v) is 1.83. The normalized spacial score (nSPS) is 14.1. The Bertz CT molecular complexity index is 640. The third-order valence-corrected chi connectivity index (χ3v) is 2.81. The summed E-state index contributed by atoms with van der Waals surface area (Å²) in [6.45, 7) is 0.675. The average molecular weight is 288 g/mol. The van der Waals surface area contributed by atoms with Crippen LogP contribution in [-0.2, 0) is 9.53 Å². The number of ether oxygens (including phenoxy) is 1. The highest BCUT2D eigenvalue weighted by Crippen LogP contribution is 2.07. The predicted octanol–water partition coefficient (Wildman–Crippen LogP) is 0.0530. The third kappa shape index (κ3) is 2.96. The number of carbonyl (C=O) groups excluding carboxylic acids is 2. The fraction of sp³-hybridized carbons (Fsp3) is 0.250. The summed E-state index contributed by atoms with van der Waals surface area (Å²) in [7, 11) is 0. The molecular formula is C12H12N6O3. The first-order chi connectivity index (χ1) is 10.2. The smallest absolute Gasteiger partial charge is 0.410 e. The van der Waals surface area contributed by atoms with Gasteiger partial charge >= 0.3 is 6.09 Å². The molecule has 3 rings (SSSR count). The Morgan fingerprint density at radius 2 is 2.19 bits per heavy atom. The maximum absolute atomic E-state index is 11.8. The van der Waals surface area contributed by atoms with Crippen molar-refractivity contribution in [3.05, 3.63) is 30.9 Å². The quantitative estimate of drug-likeness (QED) is 0.853. The number of nitrogens with one attached hydrogen (secondary N) is 1. The van der Waals surface area contributed by atoms with Crippen LogP contribution in [0.3, 0.4) is 0 Å². The summed E-state index contributed by atoms with van der Waals surface area (Å²) in [5.74, 6) is 0.0745. The number of hydrogen-bond donors (Lipinski definition) is 1. The molecule has 9 nitrogen and oxygen atoms in total. The van der Waals surface area contributed by atoms with Crippen molar-refractivity contribution >= 4 is 17.7 Å². The monoisotopic (exact) mass is 288 g/mol. The Morgan fingerprint density at radius 1 is 1.38 bits per heavy atom. The Kier molecular flexibility index (Phi) is 3.46. The molecule has 9 heteroatoms. The van der Waals surface area contributed by atoms with Gasteiger partial charge in [-0.2, -0.15) is 5.10 Å². The van der Waals surface area contributed by atoms with Crippen molar-refractivity contribution in [2.45, 2.75) is 0 Å². The van der Waals surface area contributed by atoms with Gasteiger partial charge in [0.25, 0.3) is 5.95 Å². The van der Waals surface area contributed by atoms with Crippen LogP contribution in [0.1, 0.15) is 0 Å². The molecule has 2 aromatic heterocycles. The summed E-state index contributed by atoms with van der Waals surface area (Å²) in [4.78, 5) is 32.5. The van der Waals surface area contributed by atoms with E-state index < -0.39 is 6.09 Å². The van der Waals surface area contributed by atoms with E-state index in [0.29, 0.717) is 24.8 Å². The fourth-order valence-electron chi connectivity index (χ4n) is 1.83. The van der Waals surface area contributed by atoms with Crippen LogP contribution in [0.15, 0.2) is 30.9 Å². The molecule has 0 atom stereocenters. The first kappa shape index (κ1) is 13.0. The van der Waals surface area contributed by atoms with E-state index in [4.69, 9.17) is 4.74 Å². The minimum Gasteiger partial charge on any atom is -0.448 e. The summed E-state index contributed by atoms with van der Waals surface area (Å²) in [6, 6.07) is 1.76. The van der Waals surface area contributed by atoms with Crippen LogP contribution in [0.4, 0.5) is 10.5 Å². The molecule has 0 radical (unpaired) electrons. The van der Waals surface area contributed by atoms with Crippen molar-refractivity contribution in [1.29, 1.82) is 0 Å². The lowest BCUT2D eigenvalue weighted by molar-refractivity contribution is -0.116. The molecule has 2 aromatic rings. The van der Waals surface area contributed by atoms with Crippen LogP contribution in [0.5, 0.6) is 0 Å². The lowest BCUT2D eigenvalue weighted by Crippen LogP contribution is -2.33. The van der Waals surface area contributed by atoms with E-state index in [1.807, 2.05) is 0 Å². The van der Waals surface area contributed by atoms with Gasteiger partial charge in [-0.25, -0.2) is 19.4 Å². The predicted molar refractivity (Wildman–Crippen MR) is 70.7 cm³/mol. The van der Waals surface area contributed by atoms with Gasteiger partial charge in [-0.05, 0) is 6.07 Å². The zero-order chi connectivity index (χ0) is 14.7. The van der Waals surface area contributed by atoms with Crippen molar-refractivity contribution in [2.24, 2.45) is 0 Å². The van der Waals surface area contributed by atoms with Gasteiger partial charge in [-0.1, -0.05) is 0 Å². The van der Waals surface area contributed by atoms with E-state index >= 15 is 0 Å². The highest BCUT2D eigenvalue weighted by Gasteiger charge is 2.24. The summed E-state index contributed by atoms with van der Waals surface area (Å²) in [6.07, 6.45) is 5.81. The lowest BCUT2D eigenvalue weighted by atomic mass is 10.4. The van der Waals surface area contributed by atoms with Crippen LogP contribution in [-0.4, -0.2) is 56.3 Å². The van der Waals surface area contributed by atoms with Crippen molar-refractivity contribution in [1.82, 2.24) is 24.6 Å². The van der Waals surface area contributed by atoms with Crippen LogP contribution in [0, 0.1) is 0 Å². The van der Waals surface area contributed by atoms with Gasteiger partial charge in [0.2, 0.25) is 5.91 Å². The first-order valence-electron chi connectivity index (χ1n) is 6.26. The molecular weight excluding hydrogens is 276 g/mol. The van der Waals surface area contributed by atoms with Crippen molar-refractivity contribution in [2.75, 3.05) is 25.0 Å². The van der Waals surface area contributed by atoms with E-state index in [2.05, 4.69) is 20.4 Å². The molecule has 1 aliphatic heterocycles. The zero-order valence-electron chi connectivity index (χ0n) is 11.0. The van der Waals surface area contributed by atoms with Gasteiger partial charge in [0.15, 0.2) is 0 Å². The van der Waals surface area contributed by atoms with Gasteiger partial charge in [-0.15, -0.1) is 0 Å². The Morgan fingerprint density at radius 3 is 2.81 bits per heavy atom. The van der Waals surface area contributed by atoms with Crippen LogP contribution in [0.2, 0.25) is 0 Å². The molecule has 1 fully saturated rings. The number of anilines is 1.